The molecule has 0 bridgehead atoms. The third-order valence-corrected chi connectivity index (χ3v) is 6.65. The molecule has 0 aliphatic heterocycles. The Labute approximate surface area is 197 Å². The average molecular weight is 478 g/mol. The molecule has 0 atom stereocenters. The molecule has 0 fully saturated rings. The van der Waals surface area contributed by atoms with E-state index >= 15 is 0 Å². The molecule has 0 spiro atoms. The number of aromatic amines is 6. The minimum absolute atomic E-state index is 0. The highest BCUT2D eigenvalue weighted by atomic mass is 16.3. The van der Waals surface area contributed by atoms with Gasteiger partial charge in [-0.3, -0.25) is 0 Å². The van der Waals surface area contributed by atoms with Crippen molar-refractivity contribution in [3.8, 4) is 11.4 Å². The van der Waals surface area contributed by atoms with Crippen LogP contribution in [-0.4, -0.2) is 61.4 Å². The summed E-state index contributed by atoms with van der Waals surface area (Å²) in [6, 6.07) is 12.7. The van der Waals surface area contributed by atoms with Crippen LogP contribution < -0.4 is 0 Å². The van der Waals surface area contributed by atoms with E-state index in [1.165, 1.54) is 16.6 Å². The summed E-state index contributed by atoms with van der Waals surface area (Å²) in [5.74, 6) is 0.396. The van der Waals surface area contributed by atoms with E-state index in [4.69, 9.17) is 0 Å². The fourth-order valence-corrected chi connectivity index (χ4v) is 3.57. The summed E-state index contributed by atoms with van der Waals surface area (Å²) in [6.07, 6.45) is 2.03. The second-order valence-electron chi connectivity index (χ2n) is 9.47. The van der Waals surface area contributed by atoms with Crippen molar-refractivity contribution < 1.29 is 16.1 Å². The number of hydrogen-bond acceptors (Lipinski definition) is 1. The lowest BCUT2D eigenvalue weighted by molar-refractivity contribution is 0.422. The zero-order chi connectivity index (χ0) is 23.1. The van der Waals surface area contributed by atoms with E-state index < -0.39 is 0 Å². The quantitative estimate of drug-likeness (QED) is 0.197. The Hall–Kier alpha value is -3.64. The molecule has 0 unspecified atom stereocenters. The number of aromatic hydroxyl groups is 1. The summed E-state index contributed by atoms with van der Waals surface area (Å²) in [7, 11) is 0. The van der Waals surface area contributed by atoms with Crippen molar-refractivity contribution in [2.75, 3.05) is 0 Å². The van der Waals surface area contributed by atoms with Crippen LogP contribution in [0.25, 0.3) is 16.7 Å². The first-order valence-corrected chi connectivity index (χ1v) is 11.1. The molecule has 34 heavy (non-hydrogen) atoms. The Balaban J connectivity index is 0.000000445. The van der Waals surface area contributed by atoms with Crippen molar-refractivity contribution in [2.24, 2.45) is 0 Å². The number of hydrogen-bond donors (Lipinski definition) is 7. The van der Waals surface area contributed by atoms with Gasteiger partial charge in [0.15, 0.2) is 0 Å². The van der Waals surface area contributed by atoms with Gasteiger partial charge >= 0.3 is 0 Å². The molecule has 4 aromatic heterocycles. The van der Waals surface area contributed by atoms with Gasteiger partial charge in [-0.15, -0.1) is 14.1 Å². The molecule has 12 heteroatoms. The van der Waals surface area contributed by atoms with Crippen LogP contribution in [0.3, 0.4) is 0 Å². The second-order valence-corrected chi connectivity index (χ2v) is 9.47. The lowest BCUT2D eigenvalue weighted by Gasteiger charge is -2.30. The largest absolute Gasteiger partial charge is 0.505 e. The van der Waals surface area contributed by atoms with Crippen molar-refractivity contribution in [1.29, 1.82) is 0 Å². The van der Waals surface area contributed by atoms with E-state index in [9.17, 15) is 5.11 Å². The summed E-state index contributed by atoms with van der Waals surface area (Å²) in [5, 5.41) is 26.2. The summed E-state index contributed by atoms with van der Waals surface area (Å²) in [5.41, 5.74) is 5.54. The van der Waals surface area contributed by atoms with Crippen LogP contribution in [0, 0.1) is 0 Å². The van der Waals surface area contributed by atoms with E-state index in [-0.39, 0.29) is 21.8 Å². The number of fused-ring (bicyclic) bond motifs is 4. The van der Waals surface area contributed by atoms with Gasteiger partial charge in [0.2, 0.25) is 0 Å². The van der Waals surface area contributed by atoms with Gasteiger partial charge in [-0.2, -0.15) is 0 Å². The first-order valence-electron chi connectivity index (χ1n) is 11.1. The number of phenols is 1. The van der Waals surface area contributed by atoms with Gasteiger partial charge in [0.1, 0.15) is 22.5 Å². The number of H-pyrrole nitrogens is 6. The molecule has 12 nitrogen and oxygen atoms in total. The third-order valence-electron chi connectivity index (χ3n) is 6.65. The minimum Gasteiger partial charge on any atom is -0.505 e. The van der Waals surface area contributed by atoms with Crippen molar-refractivity contribution in [1.82, 2.24) is 45.3 Å². The van der Waals surface area contributed by atoms with E-state index in [1.54, 1.807) is 0 Å². The molecule has 0 saturated carbocycles. The molecular weight excluding hydrogens is 438 g/mol. The monoisotopic (exact) mass is 477 g/mol. The maximum atomic E-state index is 11.2. The van der Waals surface area contributed by atoms with Crippen LogP contribution in [0.5, 0.6) is 5.75 Å². The lowest BCUT2D eigenvalue weighted by atomic mass is 9.76. The Kier molecular flexibility index (Phi) is 7.59. The molecule has 0 amide bonds. The van der Waals surface area contributed by atoms with Crippen LogP contribution >= 0.6 is 0 Å². The van der Waals surface area contributed by atoms with E-state index in [1.807, 2.05) is 0 Å². The first-order chi connectivity index (χ1) is 15.2. The highest BCUT2D eigenvalue weighted by Gasteiger charge is 2.32. The molecular formula is C22H39N9O3. The molecule has 0 radical (unpaired) electrons. The standard InChI is InChI=1S/C22H29N3O.2H3N3.2H2O/c1-7-21(3,4)15-13-16(22(5,6)8-2)20(26)19(14-15)25-23-17-11-9-10-12-18(17)24(23)25;2*1-2-3-1;;/h9-14,26H,7-8H2,1-6H3;2*1-3H;2*1H2. The Bertz CT molecular complexity index is 1250. The van der Waals surface area contributed by atoms with Crippen molar-refractivity contribution in [3.05, 3.63) is 47.5 Å². The topological polar surface area (TPSA) is 192 Å². The fraction of sp³-hybridized carbons (Fsp3) is 0.455. The SMILES string of the molecule is CCC(C)(C)c1cc(-n2n3c4ccccc4n23)c(O)c(C(C)(C)CC)c1.O.O.[nH]1[nH][nH]1.[nH]1[nH][nH]1. The zero-order valence-electron chi connectivity index (χ0n) is 20.7. The summed E-state index contributed by atoms with van der Waals surface area (Å²) in [4.78, 5) is 2.07. The molecule has 0 aliphatic carbocycles. The summed E-state index contributed by atoms with van der Waals surface area (Å²) in [6.45, 7) is 13.4. The van der Waals surface area contributed by atoms with Crippen LogP contribution in [0.1, 0.15) is 65.5 Å². The van der Waals surface area contributed by atoms with E-state index in [0.29, 0.717) is 5.75 Å². The maximum Gasteiger partial charge on any atom is 0.146 e. The molecule has 6 rings (SSSR count). The van der Waals surface area contributed by atoms with Crippen LogP contribution in [-0.2, 0) is 10.8 Å². The van der Waals surface area contributed by atoms with Gasteiger partial charge in [0.05, 0.1) is 0 Å². The van der Waals surface area contributed by atoms with Gasteiger partial charge in [0, 0.05) is 5.56 Å². The Morgan fingerprint density at radius 1 is 0.735 bits per heavy atom. The molecule has 0 aliphatic rings. The zero-order valence-corrected chi connectivity index (χ0v) is 20.7. The average Bonchev–Trinajstić information content (AvgIpc) is 3.64. The van der Waals surface area contributed by atoms with Crippen molar-refractivity contribution >= 4 is 11.0 Å². The second kappa shape index (κ2) is 9.69. The van der Waals surface area contributed by atoms with Gasteiger partial charge < -0.3 is 16.1 Å². The Morgan fingerprint density at radius 2 is 1.18 bits per heavy atom. The van der Waals surface area contributed by atoms with Gasteiger partial charge in [0.25, 0.3) is 0 Å². The summed E-state index contributed by atoms with van der Waals surface area (Å²) < 4.78 is 4.21. The summed E-state index contributed by atoms with van der Waals surface area (Å²) >= 11 is 0. The number of phenolic OH excluding ortho intramolecular Hbond substituents is 1. The molecule has 2 aromatic carbocycles. The number of aromatic nitrogens is 9. The van der Waals surface area contributed by atoms with E-state index in [0.717, 1.165) is 24.1 Å². The van der Waals surface area contributed by atoms with E-state index in [2.05, 4.69) is 123 Å². The maximum absolute atomic E-state index is 11.2. The normalized spacial score (nSPS) is 11.7. The minimum atomic E-state index is -0.0781. The number of nitrogens with zero attached hydrogens (tertiary/aromatic N) is 3. The van der Waals surface area contributed by atoms with Crippen LogP contribution in [0.4, 0.5) is 0 Å². The van der Waals surface area contributed by atoms with Crippen LogP contribution in [0.2, 0.25) is 0 Å². The van der Waals surface area contributed by atoms with Gasteiger partial charge in [-0.1, -0.05) is 59.7 Å². The molecule has 4 heterocycles. The highest BCUT2D eigenvalue weighted by molar-refractivity contribution is 5.79. The highest BCUT2D eigenvalue weighted by Crippen LogP contribution is 2.42. The fourth-order valence-electron chi connectivity index (χ4n) is 3.57. The van der Waals surface area contributed by atoms with Crippen LogP contribution in [0.15, 0.2) is 36.4 Å². The molecule has 6 aromatic rings. The van der Waals surface area contributed by atoms with Gasteiger partial charge in [-0.25, -0.2) is 31.3 Å². The predicted molar refractivity (Wildman–Crippen MR) is 133 cm³/mol. The number of rotatable bonds is 5. The Morgan fingerprint density at radius 3 is 1.56 bits per heavy atom. The van der Waals surface area contributed by atoms with Crippen molar-refractivity contribution in [3.63, 3.8) is 0 Å². The third kappa shape index (κ3) is 4.97. The molecule has 190 valence electrons. The number of para-hydroxylation sites is 2. The van der Waals surface area contributed by atoms with Gasteiger partial charge in [-0.05, 0) is 47.4 Å². The number of nitrogens with one attached hydrogen (secondary N) is 6. The first kappa shape index (κ1) is 26.6. The lowest BCUT2D eigenvalue weighted by Crippen LogP contribution is -2.21. The molecule has 0 saturated heterocycles. The van der Waals surface area contributed by atoms with Crippen molar-refractivity contribution in [2.45, 2.75) is 65.2 Å². The number of benzene rings is 2. The molecule has 11 N–H and O–H groups in total. The smallest absolute Gasteiger partial charge is 0.146 e. The predicted octanol–water partition coefficient (Wildman–Crippen LogP) is 3.19.